The molecule has 0 aliphatic rings. The van der Waals surface area contributed by atoms with Crippen molar-refractivity contribution in [3.63, 3.8) is 0 Å². The number of carbonyl (C=O) groups excluding carboxylic acids is 1. The fraction of sp³-hybridized carbons (Fsp3) is 0.111. The Morgan fingerprint density at radius 1 is 1.22 bits per heavy atom. The third kappa shape index (κ3) is 4.35. The van der Waals surface area contributed by atoms with Gasteiger partial charge in [0.25, 0.3) is 0 Å². The topological polar surface area (TPSA) is 79.6 Å². The Hall–Kier alpha value is -3.26. The third-order valence-electron chi connectivity index (χ3n) is 3.06. The lowest BCUT2D eigenvalue weighted by Crippen LogP contribution is -1.97. The molecule has 0 aliphatic heterocycles. The molecule has 0 bridgehead atoms. The number of ketones is 1. The third-order valence-corrected chi connectivity index (χ3v) is 3.06. The van der Waals surface area contributed by atoms with E-state index >= 15 is 0 Å². The predicted molar refractivity (Wildman–Crippen MR) is 85.6 cm³/mol. The van der Waals surface area contributed by atoms with Gasteiger partial charge in [0, 0.05) is 5.56 Å². The first-order valence-electron chi connectivity index (χ1n) is 6.83. The van der Waals surface area contributed by atoms with Gasteiger partial charge in [0.2, 0.25) is 0 Å². The molecule has 2 rings (SSSR count). The van der Waals surface area contributed by atoms with Crippen molar-refractivity contribution in [1.82, 2.24) is 0 Å². The van der Waals surface area contributed by atoms with Crippen molar-refractivity contribution in [3.05, 3.63) is 59.7 Å². The minimum Gasteiger partial charge on any atom is -0.508 e. The number of nitrogens with zero attached hydrogens (tertiary/aromatic N) is 1. The number of rotatable bonds is 6. The summed E-state index contributed by atoms with van der Waals surface area (Å²) in [5, 5.41) is 17.8. The van der Waals surface area contributed by atoms with E-state index in [-0.39, 0.29) is 18.1 Å². The van der Waals surface area contributed by atoms with Gasteiger partial charge in [0.05, 0.1) is 7.11 Å². The van der Waals surface area contributed by atoms with Crippen LogP contribution in [0.3, 0.4) is 0 Å². The van der Waals surface area contributed by atoms with Gasteiger partial charge in [-0.1, -0.05) is 12.1 Å². The smallest absolute Gasteiger partial charge is 0.185 e. The van der Waals surface area contributed by atoms with Crippen molar-refractivity contribution in [2.75, 3.05) is 13.7 Å². The molecular weight excluding hydrogens is 294 g/mol. The maximum Gasteiger partial charge on any atom is 0.185 e. The van der Waals surface area contributed by atoms with Gasteiger partial charge in [-0.25, -0.2) is 0 Å². The lowest BCUT2D eigenvalue weighted by molar-refractivity contribution is 0.104. The Bertz CT molecular complexity index is 758. The van der Waals surface area contributed by atoms with Gasteiger partial charge in [-0.3, -0.25) is 4.79 Å². The Balaban J connectivity index is 2.14. The van der Waals surface area contributed by atoms with Crippen LogP contribution in [0.15, 0.2) is 48.5 Å². The van der Waals surface area contributed by atoms with Gasteiger partial charge < -0.3 is 14.6 Å². The van der Waals surface area contributed by atoms with Gasteiger partial charge in [0.1, 0.15) is 11.8 Å². The normalized spacial score (nSPS) is 10.3. The second-order valence-corrected chi connectivity index (χ2v) is 4.60. The van der Waals surface area contributed by atoms with Crippen molar-refractivity contribution < 1.29 is 19.4 Å². The molecule has 5 nitrogen and oxygen atoms in total. The molecule has 1 N–H and O–H groups in total. The molecule has 0 unspecified atom stereocenters. The molecule has 0 aromatic heterocycles. The predicted octanol–water partition coefficient (Wildman–Crippen LogP) is 3.20. The zero-order valence-electron chi connectivity index (χ0n) is 12.5. The van der Waals surface area contributed by atoms with E-state index in [1.165, 1.54) is 25.3 Å². The summed E-state index contributed by atoms with van der Waals surface area (Å²) in [4.78, 5) is 12.0. The Morgan fingerprint density at radius 2 is 1.96 bits per heavy atom. The van der Waals surface area contributed by atoms with E-state index < -0.39 is 0 Å². The van der Waals surface area contributed by atoms with Crippen LogP contribution in [-0.2, 0) is 0 Å². The van der Waals surface area contributed by atoms with Crippen molar-refractivity contribution in [3.8, 4) is 23.3 Å². The molecule has 0 heterocycles. The number of aromatic hydroxyl groups is 1. The Morgan fingerprint density at radius 3 is 2.61 bits per heavy atom. The quantitative estimate of drug-likeness (QED) is 0.654. The monoisotopic (exact) mass is 309 g/mol. The minimum atomic E-state index is -0.172. The highest BCUT2D eigenvalue weighted by molar-refractivity contribution is 6.06. The standard InChI is InChI=1S/C18H15NO4/c1-22-18-12-13(3-9-17(18)23-11-10-19)2-8-16(21)14-4-6-15(20)7-5-14/h2-9,12,20H,11H2,1H3/b8-2+. The maximum absolute atomic E-state index is 12.0. The van der Waals surface area contributed by atoms with Crippen LogP contribution >= 0.6 is 0 Å². The Kier molecular flexibility index (Phi) is 5.37. The van der Waals surface area contributed by atoms with Crippen molar-refractivity contribution in [1.29, 1.82) is 5.26 Å². The fourth-order valence-electron chi connectivity index (χ4n) is 1.91. The van der Waals surface area contributed by atoms with Gasteiger partial charge in [-0.15, -0.1) is 0 Å². The summed E-state index contributed by atoms with van der Waals surface area (Å²) in [6.07, 6.45) is 3.10. The van der Waals surface area contributed by atoms with Crippen molar-refractivity contribution in [2.24, 2.45) is 0 Å². The number of methoxy groups -OCH3 is 1. The fourth-order valence-corrected chi connectivity index (χ4v) is 1.91. The molecule has 5 heteroatoms. The molecule has 0 fully saturated rings. The van der Waals surface area contributed by atoms with Crippen LogP contribution in [0.4, 0.5) is 0 Å². The lowest BCUT2D eigenvalue weighted by Gasteiger charge is -2.08. The minimum absolute atomic E-state index is 0.0646. The number of benzene rings is 2. The number of allylic oxidation sites excluding steroid dienone is 1. The van der Waals surface area contributed by atoms with Crippen LogP contribution in [0.5, 0.6) is 17.2 Å². The number of phenols is 1. The molecule has 0 atom stereocenters. The van der Waals surface area contributed by atoms with Crippen LogP contribution in [0.2, 0.25) is 0 Å². The second-order valence-electron chi connectivity index (χ2n) is 4.60. The summed E-state index contributed by atoms with van der Waals surface area (Å²) in [6, 6.07) is 13.1. The molecule has 0 amide bonds. The van der Waals surface area contributed by atoms with Crippen LogP contribution < -0.4 is 9.47 Å². The first-order valence-corrected chi connectivity index (χ1v) is 6.83. The highest BCUT2D eigenvalue weighted by Gasteiger charge is 2.05. The van der Waals surface area contributed by atoms with E-state index in [2.05, 4.69) is 0 Å². The summed E-state index contributed by atoms with van der Waals surface area (Å²) in [6.45, 7) is -0.0646. The van der Waals surface area contributed by atoms with E-state index in [1.54, 1.807) is 36.4 Å². The molecule has 0 spiro atoms. The number of ether oxygens (including phenoxy) is 2. The molecule has 116 valence electrons. The summed E-state index contributed by atoms with van der Waals surface area (Å²) < 4.78 is 10.4. The van der Waals surface area contributed by atoms with Gasteiger partial charge in [0.15, 0.2) is 23.9 Å². The number of hydrogen-bond acceptors (Lipinski definition) is 5. The molecule has 0 aliphatic carbocycles. The second kappa shape index (κ2) is 7.66. The number of hydrogen-bond donors (Lipinski definition) is 1. The number of phenolic OH excluding ortho intramolecular Hbond substituents is 1. The first kappa shape index (κ1) is 16.1. The van der Waals surface area contributed by atoms with Crippen molar-refractivity contribution >= 4 is 11.9 Å². The van der Waals surface area contributed by atoms with E-state index in [0.29, 0.717) is 17.1 Å². The van der Waals surface area contributed by atoms with Crippen LogP contribution in [0, 0.1) is 11.3 Å². The molecule has 23 heavy (non-hydrogen) atoms. The first-order chi connectivity index (χ1) is 11.1. The summed E-state index contributed by atoms with van der Waals surface area (Å²) in [7, 11) is 1.50. The molecular formula is C18H15NO4. The van der Waals surface area contributed by atoms with E-state index in [4.69, 9.17) is 14.7 Å². The largest absolute Gasteiger partial charge is 0.508 e. The lowest BCUT2D eigenvalue weighted by atomic mass is 10.1. The number of nitriles is 1. The molecule has 0 saturated heterocycles. The summed E-state index contributed by atoms with van der Waals surface area (Å²) >= 11 is 0. The maximum atomic E-state index is 12.0. The SMILES string of the molecule is COc1cc(/C=C/C(=O)c2ccc(O)cc2)ccc1OCC#N. The van der Waals surface area contributed by atoms with Crippen LogP contribution in [-0.4, -0.2) is 24.6 Å². The average molecular weight is 309 g/mol. The van der Waals surface area contributed by atoms with E-state index in [9.17, 15) is 9.90 Å². The average Bonchev–Trinajstić information content (AvgIpc) is 2.58. The van der Waals surface area contributed by atoms with E-state index in [0.717, 1.165) is 5.56 Å². The molecule has 2 aromatic rings. The Labute approximate surface area is 134 Å². The molecule has 0 saturated carbocycles. The number of carbonyl (C=O) groups is 1. The van der Waals surface area contributed by atoms with Crippen LogP contribution in [0.1, 0.15) is 15.9 Å². The zero-order valence-corrected chi connectivity index (χ0v) is 12.5. The highest BCUT2D eigenvalue weighted by atomic mass is 16.5. The summed E-state index contributed by atoms with van der Waals surface area (Å²) in [5.41, 5.74) is 1.25. The van der Waals surface area contributed by atoms with Crippen molar-refractivity contribution in [2.45, 2.75) is 0 Å². The van der Waals surface area contributed by atoms with Gasteiger partial charge in [-0.2, -0.15) is 5.26 Å². The summed E-state index contributed by atoms with van der Waals surface area (Å²) in [5.74, 6) is 0.896. The highest BCUT2D eigenvalue weighted by Crippen LogP contribution is 2.28. The van der Waals surface area contributed by atoms with E-state index in [1.807, 2.05) is 6.07 Å². The molecule has 2 aromatic carbocycles. The molecule has 0 radical (unpaired) electrons. The van der Waals surface area contributed by atoms with Crippen LogP contribution in [0.25, 0.3) is 6.08 Å². The zero-order chi connectivity index (χ0) is 16.7. The van der Waals surface area contributed by atoms with Gasteiger partial charge >= 0.3 is 0 Å². The van der Waals surface area contributed by atoms with Gasteiger partial charge in [-0.05, 0) is 48.0 Å².